The van der Waals surface area contributed by atoms with Crippen LogP contribution in [0.25, 0.3) is 11.0 Å². The van der Waals surface area contributed by atoms with E-state index in [1.807, 2.05) is 0 Å². The van der Waals surface area contributed by atoms with Crippen LogP contribution < -0.4 is 11.1 Å². The molecule has 39 heavy (non-hydrogen) atoms. The van der Waals surface area contributed by atoms with Crippen molar-refractivity contribution >= 4 is 36.0 Å². The summed E-state index contributed by atoms with van der Waals surface area (Å²) in [6.07, 6.45) is -0.832. The van der Waals surface area contributed by atoms with Crippen molar-refractivity contribution in [3.8, 4) is 0 Å². The normalized spacial score (nSPS) is 25.9. The highest BCUT2D eigenvalue weighted by Gasteiger charge is 2.52. The van der Waals surface area contributed by atoms with Crippen molar-refractivity contribution in [2.75, 3.05) is 18.5 Å². The molecule has 0 amide bonds. The topological polar surface area (TPSA) is 251 Å². The van der Waals surface area contributed by atoms with Gasteiger partial charge in [0.1, 0.15) is 24.1 Å². The molecule has 19 heteroatoms. The largest absolute Gasteiger partial charge is 0.438 e. The fourth-order valence-corrected chi connectivity index (χ4v) is 5.74. The molecule has 7 N–H and O–H groups in total. The maximum absolute atomic E-state index is 12.3. The van der Waals surface area contributed by atoms with Crippen LogP contribution in [0.2, 0.25) is 5.28 Å². The maximum Gasteiger partial charge on any atom is 0.438 e. The molecule has 1 saturated carbocycles. The third kappa shape index (κ3) is 5.46. The molecule has 3 aromatic heterocycles. The highest BCUT2D eigenvalue weighted by Crippen LogP contribution is 2.53. The molecule has 2 fully saturated rings. The third-order valence-corrected chi connectivity index (χ3v) is 8.58. The number of aliphatic hydroxyl groups is 3. The molecule has 5 rings (SSSR count). The van der Waals surface area contributed by atoms with E-state index < -0.39 is 62.9 Å². The second-order valence-electron chi connectivity index (χ2n) is 9.52. The zero-order chi connectivity index (χ0) is 27.9. The van der Waals surface area contributed by atoms with Gasteiger partial charge in [-0.3, -0.25) is 14.1 Å². The Hall–Kier alpha value is -2.47. The van der Waals surface area contributed by atoms with Crippen LogP contribution >= 0.6 is 19.2 Å². The van der Waals surface area contributed by atoms with Gasteiger partial charge in [-0.1, -0.05) is 18.0 Å². The van der Waals surface area contributed by atoms with Gasteiger partial charge in [-0.25, -0.2) is 9.48 Å². The quantitative estimate of drug-likeness (QED) is 0.113. The van der Waals surface area contributed by atoms with E-state index in [2.05, 4.69) is 35.0 Å². The van der Waals surface area contributed by atoms with Gasteiger partial charge in [0, 0.05) is 6.04 Å². The number of aromatic amines is 1. The summed E-state index contributed by atoms with van der Waals surface area (Å²) in [6, 6.07) is 0.218. The van der Waals surface area contributed by atoms with Gasteiger partial charge in [0.2, 0.25) is 5.28 Å². The summed E-state index contributed by atoms with van der Waals surface area (Å²) < 4.78 is 29.1. The molecule has 5 atom stereocenters. The molecule has 1 aliphatic heterocycles. The summed E-state index contributed by atoms with van der Waals surface area (Å²) in [5.41, 5.74) is 0.225. The summed E-state index contributed by atoms with van der Waals surface area (Å²) in [7, 11) is -5.21. The van der Waals surface area contributed by atoms with Crippen LogP contribution in [-0.2, 0) is 20.5 Å². The van der Waals surface area contributed by atoms with Crippen molar-refractivity contribution in [3.05, 3.63) is 27.9 Å². The Morgan fingerprint density at radius 3 is 2.64 bits per heavy atom. The van der Waals surface area contributed by atoms with Crippen LogP contribution in [0.3, 0.4) is 0 Å². The Morgan fingerprint density at radius 2 is 2.00 bits per heavy atom. The predicted octanol–water partition coefficient (Wildman–Crippen LogP) is -0.745. The predicted molar refractivity (Wildman–Crippen MR) is 131 cm³/mol. The Balaban J connectivity index is 1.36. The first-order valence-corrected chi connectivity index (χ1v) is 14.0. The van der Waals surface area contributed by atoms with Crippen molar-refractivity contribution in [1.29, 1.82) is 0 Å². The average molecular weight is 592 g/mol. The summed E-state index contributed by atoms with van der Waals surface area (Å²) in [5.74, 6) is -0.791. The lowest BCUT2D eigenvalue weighted by Gasteiger charge is -2.32. The number of nitrogens with one attached hydrogen (secondary N) is 2. The van der Waals surface area contributed by atoms with Crippen LogP contribution in [0.5, 0.6) is 0 Å². The summed E-state index contributed by atoms with van der Waals surface area (Å²) >= 11 is 6.16. The fourth-order valence-electron chi connectivity index (χ4n) is 4.79. The van der Waals surface area contributed by atoms with Crippen molar-refractivity contribution in [2.45, 2.75) is 68.0 Å². The smallest absolute Gasteiger partial charge is 0.393 e. The SMILES string of the molecule is O=c1[nH]c(C[C@@](CO)(OC[C@H]2O[C@@H](n3ncc4c(NC5CCCC5)nc(Cl)nc43)[C@H](O)[C@@H]2O)P(=O)(O)O)no1. The summed E-state index contributed by atoms with van der Waals surface area (Å²) in [4.78, 5) is 41.7. The van der Waals surface area contributed by atoms with E-state index in [0.717, 1.165) is 25.7 Å². The van der Waals surface area contributed by atoms with Gasteiger partial charge >= 0.3 is 13.4 Å². The lowest BCUT2D eigenvalue weighted by molar-refractivity contribution is -0.110. The van der Waals surface area contributed by atoms with Gasteiger partial charge in [-0.15, -0.1) is 0 Å². The molecule has 0 spiro atoms. The highest BCUT2D eigenvalue weighted by molar-refractivity contribution is 7.53. The minimum absolute atomic E-state index is 0.0714. The Morgan fingerprint density at radius 1 is 1.26 bits per heavy atom. The highest BCUT2D eigenvalue weighted by atomic mass is 35.5. The molecule has 2 aliphatic rings. The minimum atomic E-state index is -5.21. The zero-order valence-corrected chi connectivity index (χ0v) is 21.9. The van der Waals surface area contributed by atoms with E-state index in [9.17, 15) is 34.5 Å². The number of aromatic nitrogens is 6. The Bertz CT molecular complexity index is 1420. The van der Waals surface area contributed by atoms with Crippen molar-refractivity contribution < 1.29 is 43.7 Å². The molecule has 0 bridgehead atoms. The molecule has 214 valence electrons. The lowest BCUT2D eigenvalue weighted by atomic mass is 10.1. The number of hydrogen-bond donors (Lipinski definition) is 7. The van der Waals surface area contributed by atoms with Crippen LogP contribution in [0, 0.1) is 0 Å². The molecule has 1 aliphatic carbocycles. The van der Waals surface area contributed by atoms with Gasteiger partial charge in [-0.05, 0) is 24.4 Å². The second kappa shape index (κ2) is 10.8. The van der Waals surface area contributed by atoms with Gasteiger partial charge < -0.3 is 39.9 Å². The van der Waals surface area contributed by atoms with Gasteiger partial charge in [0.25, 0.3) is 0 Å². The molecular formula is C20H27ClN7O10P. The van der Waals surface area contributed by atoms with E-state index in [1.165, 1.54) is 10.9 Å². The molecule has 4 heterocycles. The number of fused-ring (bicyclic) bond motifs is 1. The van der Waals surface area contributed by atoms with Crippen molar-refractivity contribution in [2.24, 2.45) is 0 Å². The van der Waals surface area contributed by atoms with Gasteiger partial charge in [0.15, 0.2) is 23.0 Å². The fraction of sp³-hybridized carbons (Fsp3) is 0.650. The Labute approximate surface area is 224 Å². The minimum Gasteiger partial charge on any atom is -0.393 e. The maximum atomic E-state index is 12.3. The number of aliphatic hydroxyl groups excluding tert-OH is 3. The molecular weight excluding hydrogens is 565 g/mol. The number of ether oxygens (including phenoxy) is 2. The number of H-pyrrole nitrogens is 1. The number of rotatable bonds is 10. The molecule has 0 aromatic carbocycles. The van der Waals surface area contributed by atoms with Crippen molar-refractivity contribution in [1.82, 2.24) is 29.9 Å². The van der Waals surface area contributed by atoms with E-state index in [4.69, 9.17) is 21.1 Å². The second-order valence-corrected chi connectivity index (χ2v) is 11.8. The van der Waals surface area contributed by atoms with E-state index in [0.29, 0.717) is 11.2 Å². The van der Waals surface area contributed by atoms with E-state index in [1.54, 1.807) is 0 Å². The molecule has 0 unspecified atom stereocenters. The van der Waals surface area contributed by atoms with Crippen LogP contribution in [0.15, 0.2) is 15.5 Å². The van der Waals surface area contributed by atoms with Crippen LogP contribution in [-0.4, -0.2) is 97.9 Å². The first-order chi connectivity index (χ1) is 18.5. The van der Waals surface area contributed by atoms with E-state index >= 15 is 0 Å². The summed E-state index contributed by atoms with van der Waals surface area (Å²) in [6.45, 7) is -1.86. The number of hydrogen-bond acceptors (Lipinski definition) is 13. The standard InChI is InChI=1S/C20H27ClN7O10P/c21-18-25-15(23-9-3-1-2-4-9)10-6-22-28(16(10)26-18)17-14(31)13(30)11(37-17)7-36-20(8-29,39(33,34)35)5-12-24-19(32)38-27-12/h6,9,11,13-14,17,29-31H,1-5,7-8H2,(H,23,25,26)(H,24,27,32)(H2,33,34,35)/t11-,13-,14-,17-,20-/m1/s1. The van der Waals surface area contributed by atoms with Crippen LogP contribution in [0.4, 0.5) is 5.82 Å². The zero-order valence-electron chi connectivity index (χ0n) is 20.3. The first kappa shape index (κ1) is 28.1. The van der Waals surface area contributed by atoms with E-state index in [-0.39, 0.29) is 22.8 Å². The first-order valence-electron chi connectivity index (χ1n) is 12.1. The third-order valence-electron chi connectivity index (χ3n) is 6.92. The molecule has 17 nitrogen and oxygen atoms in total. The van der Waals surface area contributed by atoms with Crippen molar-refractivity contribution in [3.63, 3.8) is 0 Å². The lowest BCUT2D eigenvalue weighted by Crippen LogP contribution is -2.43. The monoisotopic (exact) mass is 591 g/mol. The number of halogens is 1. The number of nitrogens with zero attached hydrogens (tertiary/aromatic N) is 5. The van der Waals surface area contributed by atoms with Gasteiger partial charge in [-0.2, -0.15) is 15.1 Å². The average Bonchev–Trinajstić information content (AvgIpc) is 3.67. The molecule has 1 saturated heterocycles. The molecule has 3 aromatic rings. The Kier molecular flexibility index (Phi) is 7.80. The molecule has 0 radical (unpaired) electrons. The number of anilines is 1. The van der Waals surface area contributed by atoms with Gasteiger partial charge in [0.05, 0.1) is 31.2 Å². The summed E-state index contributed by atoms with van der Waals surface area (Å²) in [5, 5.41) is 40.1. The van der Waals surface area contributed by atoms with Crippen LogP contribution in [0.1, 0.15) is 37.7 Å².